The van der Waals surface area contributed by atoms with E-state index >= 15 is 0 Å². The van der Waals surface area contributed by atoms with E-state index in [4.69, 9.17) is 0 Å². The van der Waals surface area contributed by atoms with Crippen LogP contribution in [0.4, 0.5) is 4.39 Å². The molecule has 0 aromatic heterocycles. The zero-order valence-electron chi connectivity index (χ0n) is 13.0. The van der Waals surface area contributed by atoms with Crippen LogP contribution in [0.3, 0.4) is 0 Å². The predicted octanol–water partition coefficient (Wildman–Crippen LogP) is 1.61. The summed E-state index contributed by atoms with van der Waals surface area (Å²) >= 11 is 0. The number of rotatable bonds is 3. The standard InChI is InChI=1S/C16H15FN2O4S/c1-10-3-8-13(24(2,22)23)9-14(10)16(21)19-18-15(20)11-4-6-12(17)7-5-11/h3-9H,1-2H3,(H,18,20)(H,19,21). The van der Waals surface area contributed by atoms with Crippen molar-refractivity contribution in [3.63, 3.8) is 0 Å². The number of sulfone groups is 1. The van der Waals surface area contributed by atoms with Gasteiger partial charge in [0.25, 0.3) is 11.8 Å². The molecule has 0 saturated carbocycles. The minimum atomic E-state index is -3.46. The lowest BCUT2D eigenvalue weighted by molar-refractivity contribution is 0.0846. The highest BCUT2D eigenvalue weighted by Gasteiger charge is 2.15. The van der Waals surface area contributed by atoms with E-state index in [1.165, 1.54) is 30.3 Å². The van der Waals surface area contributed by atoms with Gasteiger partial charge in [0.2, 0.25) is 0 Å². The lowest BCUT2D eigenvalue weighted by atomic mass is 10.1. The molecule has 0 atom stereocenters. The van der Waals surface area contributed by atoms with Crippen LogP contribution in [0.25, 0.3) is 0 Å². The monoisotopic (exact) mass is 350 g/mol. The van der Waals surface area contributed by atoms with Crippen LogP contribution in [0.1, 0.15) is 26.3 Å². The molecular weight excluding hydrogens is 335 g/mol. The maximum absolute atomic E-state index is 12.8. The number of aryl methyl sites for hydroxylation is 1. The summed E-state index contributed by atoms with van der Waals surface area (Å²) in [6.07, 6.45) is 1.04. The van der Waals surface area contributed by atoms with Crippen LogP contribution in [0.15, 0.2) is 47.4 Å². The summed E-state index contributed by atoms with van der Waals surface area (Å²) < 4.78 is 35.9. The zero-order valence-corrected chi connectivity index (χ0v) is 13.8. The molecule has 0 unspecified atom stereocenters. The van der Waals surface area contributed by atoms with Crippen LogP contribution >= 0.6 is 0 Å². The third-order valence-corrected chi connectivity index (χ3v) is 4.39. The molecule has 8 heteroatoms. The summed E-state index contributed by atoms with van der Waals surface area (Å²) in [7, 11) is -3.46. The number of carbonyl (C=O) groups is 2. The van der Waals surface area contributed by atoms with E-state index in [0.717, 1.165) is 18.4 Å². The lowest BCUT2D eigenvalue weighted by Gasteiger charge is -2.10. The van der Waals surface area contributed by atoms with E-state index in [-0.39, 0.29) is 16.0 Å². The summed E-state index contributed by atoms with van der Waals surface area (Å²) in [5.74, 6) is -1.77. The van der Waals surface area contributed by atoms with Crippen molar-refractivity contribution in [1.82, 2.24) is 10.9 Å². The van der Waals surface area contributed by atoms with Gasteiger partial charge in [0.1, 0.15) is 5.82 Å². The molecule has 2 rings (SSSR count). The fourth-order valence-corrected chi connectivity index (χ4v) is 2.58. The van der Waals surface area contributed by atoms with Gasteiger partial charge in [0, 0.05) is 17.4 Å². The van der Waals surface area contributed by atoms with Gasteiger partial charge in [-0.05, 0) is 48.9 Å². The summed E-state index contributed by atoms with van der Waals surface area (Å²) in [6, 6.07) is 8.93. The van der Waals surface area contributed by atoms with Gasteiger partial charge in [-0.2, -0.15) is 0 Å². The van der Waals surface area contributed by atoms with Crippen LogP contribution in [0.2, 0.25) is 0 Å². The van der Waals surface area contributed by atoms with Crippen molar-refractivity contribution >= 4 is 21.7 Å². The van der Waals surface area contributed by atoms with E-state index < -0.39 is 27.5 Å². The van der Waals surface area contributed by atoms with Crippen LogP contribution in [0.5, 0.6) is 0 Å². The molecule has 0 fully saturated rings. The first-order valence-corrected chi connectivity index (χ1v) is 8.74. The Labute approximate surface area is 138 Å². The normalized spacial score (nSPS) is 11.0. The van der Waals surface area contributed by atoms with Crippen molar-refractivity contribution < 1.29 is 22.4 Å². The molecule has 0 aliphatic carbocycles. The van der Waals surface area contributed by atoms with E-state index in [1.54, 1.807) is 6.92 Å². The first-order valence-electron chi connectivity index (χ1n) is 6.85. The minimum Gasteiger partial charge on any atom is -0.267 e. The van der Waals surface area contributed by atoms with Gasteiger partial charge >= 0.3 is 0 Å². The van der Waals surface area contributed by atoms with Gasteiger partial charge in [0.05, 0.1) is 4.90 Å². The fraction of sp³-hybridized carbons (Fsp3) is 0.125. The van der Waals surface area contributed by atoms with Crippen molar-refractivity contribution in [1.29, 1.82) is 0 Å². The second-order valence-corrected chi connectivity index (χ2v) is 7.18. The summed E-state index contributed by atoms with van der Waals surface area (Å²) in [5, 5.41) is 0. The Bertz CT molecular complexity index is 893. The summed E-state index contributed by atoms with van der Waals surface area (Å²) in [6.45, 7) is 1.64. The van der Waals surface area contributed by atoms with Crippen molar-refractivity contribution in [3.8, 4) is 0 Å². The molecule has 0 aliphatic heterocycles. The molecule has 0 bridgehead atoms. The molecule has 2 aromatic carbocycles. The highest BCUT2D eigenvalue weighted by atomic mass is 32.2. The van der Waals surface area contributed by atoms with Crippen LogP contribution < -0.4 is 10.9 Å². The molecule has 0 aliphatic rings. The van der Waals surface area contributed by atoms with Crippen molar-refractivity contribution in [2.75, 3.05) is 6.26 Å². The molecule has 126 valence electrons. The van der Waals surface area contributed by atoms with Gasteiger partial charge in [0.15, 0.2) is 9.84 Å². The number of benzene rings is 2. The molecule has 2 aromatic rings. The van der Waals surface area contributed by atoms with E-state index in [2.05, 4.69) is 10.9 Å². The summed E-state index contributed by atoms with van der Waals surface area (Å²) in [4.78, 5) is 24.0. The zero-order chi connectivity index (χ0) is 17.9. The van der Waals surface area contributed by atoms with Gasteiger partial charge in [-0.15, -0.1) is 0 Å². The second kappa shape index (κ2) is 6.79. The van der Waals surface area contributed by atoms with Crippen molar-refractivity contribution in [3.05, 3.63) is 65.0 Å². The highest BCUT2D eigenvalue weighted by molar-refractivity contribution is 7.90. The third kappa shape index (κ3) is 4.17. The number of hydrogen-bond acceptors (Lipinski definition) is 4. The Hall–Kier alpha value is -2.74. The Morgan fingerprint density at radius 3 is 2.12 bits per heavy atom. The Kier molecular flexibility index (Phi) is 4.99. The van der Waals surface area contributed by atoms with Crippen molar-refractivity contribution in [2.45, 2.75) is 11.8 Å². The third-order valence-electron chi connectivity index (χ3n) is 3.28. The van der Waals surface area contributed by atoms with Crippen molar-refractivity contribution in [2.24, 2.45) is 0 Å². The van der Waals surface area contributed by atoms with E-state index in [0.29, 0.717) is 5.56 Å². The molecule has 0 saturated heterocycles. The molecule has 0 heterocycles. The topological polar surface area (TPSA) is 92.3 Å². The number of halogens is 1. The second-order valence-electron chi connectivity index (χ2n) is 5.16. The Balaban J connectivity index is 2.12. The first-order chi connectivity index (χ1) is 11.2. The molecule has 24 heavy (non-hydrogen) atoms. The van der Waals surface area contributed by atoms with Gasteiger partial charge in [-0.25, -0.2) is 12.8 Å². The maximum Gasteiger partial charge on any atom is 0.270 e. The molecule has 0 spiro atoms. The fourth-order valence-electron chi connectivity index (χ4n) is 1.93. The average molecular weight is 350 g/mol. The molecule has 2 amide bonds. The Morgan fingerprint density at radius 1 is 0.958 bits per heavy atom. The van der Waals surface area contributed by atoms with Crippen LogP contribution in [-0.4, -0.2) is 26.5 Å². The highest BCUT2D eigenvalue weighted by Crippen LogP contribution is 2.15. The summed E-state index contributed by atoms with van der Waals surface area (Å²) in [5.41, 5.74) is 5.24. The maximum atomic E-state index is 12.8. The smallest absolute Gasteiger partial charge is 0.267 e. The van der Waals surface area contributed by atoms with Gasteiger partial charge in [-0.1, -0.05) is 6.07 Å². The first kappa shape index (κ1) is 17.6. The van der Waals surface area contributed by atoms with E-state index in [1.807, 2.05) is 0 Å². The molecule has 6 nitrogen and oxygen atoms in total. The van der Waals surface area contributed by atoms with E-state index in [9.17, 15) is 22.4 Å². The number of amides is 2. The minimum absolute atomic E-state index is 0.00288. The number of hydrogen-bond donors (Lipinski definition) is 2. The SMILES string of the molecule is Cc1ccc(S(C)(=O)=O)cc1C(=O)NNC(=O)c1ccc(F)cc1. The van der Waals surface area contributed by atoms with Gasteiger partial charge in [-0.3, -0.25) is 20.4 Å². The number of carbonyl (C=O) groups excluding carboxylic acids is 2. The molecular formula is C16H15FN2O4S. The number of hydrazine groups is 1. The molecule has 0 radical (unpaired) electrons. The largest absolute Gasteiger partial charge is 0.270 e. The van der Waals surface area contributed by atoms with Crippen LogP contribution in [-0.2, 0) is 9.84 Å². The van der Waals surface area contributed by atoms with Gasteiger partial charge < -0.3 is 0 Å². The molecule has 2 N–H and O–H groups in total. The lowest BCUT2D eigenvalue weighted by Crippen LogP contribution is -2.41. The number of nitrogens with one attached hydrogen (secondary N) is 2. The average Bonchev–Trinajstić information content (AvgIpc) is 2.52. The van der Waals surface area contributed by atoms with Crippen LogP contribution in [0, 0.1) is 12.7 Å². The predicted molar refractivity (Wildman–Crippen MR) is 85.6 cm³/mol. The Morgan fingerprint density at radius 2 is 1.54 bits per heavy atom. The quantitative estimate of drug-likeness (QED) is 0.823.